The van der Waals surface area contributed by atoms with Crippen LogP contribution in [0.3, 0.4) is 0 Å². The number of rotatable bonds is 7. The number of hydrogen-bond donors (Lipinski definition) is 1. The molecule has 1 N–H and O–H groups in total. The van der Waals surface area contributed by atoms with Crippen molar-refractivity contribution in [1.29, 1.82) is 0 Å². The molecule has 0 saturated carbocycles. The summed E-state index contributed by atoms with van der Waals surface area (Å²) in [7, 11) is 0. The lowest BCUT2D eigenvalue weighted by molar-refractivity contribution is 0.302. The van der Waals surface area contributed by atoms with E-state index in [2.05, 4.69) is 52.4 Å². The molecule has 2 nitrogen and oxygen atoms in total. The normalized spacial score (nSPS) is 10.5. The highest BCUT2D eigenvalue weighted by Crippen LogP contribution is 2.20. The quantitative estimate of drug-likeness (QED) is 0.751. The van der Waals surface area contributed by atoms with Gasteiger partial charge in [-0.15, -0.1) is 0 Å². The largest absolute Gasteiger partial charge is 0.489 e. The maximum atomic E-state index is 5.94. The Morgan fingerprint density at radius 3 is 2.55 bits per heavy atom. The monoisotopic (exact) mass is 333 g/mol. The minimum absolute atomic E-state index is 0.595. The number of para-hydroxylation sites is 1. The first kappa shape index (κ1) is 15.1. The second kappa shape index (κ2) is 8.08. The highest BCUT2D eigenvalue weighted by molar-refractivity contribution is 9.10. The van der Waals surface area contributed by atoms with Gasteiger partial charge >= 0.3 is 0 Å². The molecule has 0 aliphatic rings. The first-order chi connectivity index (χ1) is 9.79. The van der Waals surface area contributed by atoms with Gasteiger partial charge in [0, 0.05) is 16.6 Å². The van der Waals surface area contributed by atoms with Crippen LogP contribution < -0.4 is 10.1 Å². The average molecular weight is 334 g/mol. The Morgan fingerprint density at radius 1 is 1.05 bits per heavy atom. The topological polar surface area (TPSA) is 21.3 Å². The van der Waals surface area contributed by atoms with E-state index in [9.17, 15) is 0 Å². The second-order valence-corrected chi connectivity index (χ2v) is 5.62. The molecular formula is C17H20BrNO. The van der Waals surface area contributed by atoms with Gasteiger partial charge in [0.05, 0.1) is 0 Å². The van der Waals surface area contributed by atoms with Gasteiger partial charge in [-0.3, -0.25) is 0 Å². The summed E-state index contributed by atoms with van der Waals surface area (Å²) < 4.78 is 7.03. The van der Waals surface area contributed by atoms with Crippen molar-refractivity contribution in [2.24, 2.45) is 0 Å². The van der Waals surface area contributed by atoms with Crippen LogP contribution in [0.25, 0.3) is 0 Å². The molecule has 0 saturated heterocycles. The van der Waals surface area contributed by atoms with Crippen molar-refractivity contribution >= 4 is 15.9 Å². The SMILES string of the molecule is CCCNCc1ccccc1OCc1ccc(Br)cc1. The van der Waals surface area contributed by atoms with Crippen molar-refractivity contribution in [3.05, 3.63) is 64.1 Å². The van der Waals surface area contributed by atoms with E-state index in [4.69, 9.17) is 4.74 Å². The molecule has 0 spiro atoms. The molecule has 0 aliphatic carbocycles. The van der Waals surface area contributed by atoms with Crippen LogP contribution in [0.4, 0.5) is 0 Å². The highest BCUT2D eigenvalue weighted by atomic mass is 79.9. The molecule has 0 heterocycles. The zero-order chi connectivity index (χ0) is 14.2. The Labute approximate surface area is 129 Å². The maximum absolute atomic E-state index is 5.94. The third-order valence-corrected chi connectivity index (χ3v) is 3.55. The molecule has 0 atom stereocenters. The molecule has 0 aliphatic heterocycles. The molecule has 0 bridgehead atoms. The van der Waals surface area contributed by atoms with Gasteiger partial charge in [0.15, 0.2) is 0 Å². The Hall–Kier alpha value is -1.32. The minimum atomic E-state index is 0.595. The number of benzene rings is 2. The van der Waals surface area contributed by atoms with Crippen molar-refractivity contribution < 1.29 is 4.74 Å². The van der Waals surface area contributed by atoms with Crippen molar-refractivity contribution in [3.8, 4) is 5.75 Å². The van der Waals surface area contributed by atoms with Crippen LogP contribution in [0.1, 0.15) is 24.5 Å². The summed E-state index contributed by atoms with van der Waals surface area (Å²) in [5.74, 6) is 0.957. The molecule has 2 rings (SSSR count). The summed E-state index contributed by atoms with van der Waals surface area (Å²) in [5, 5.41) is 3.41. The van der Waals surface area contributed by atoms with Crippen molar-refractivity contribution in [2.75, 3.05) is 6.54 Å². The average Bonchev–Trinajstić information content (AvgIpc) is 2.48. The van der Waals surface area contributed by atoms with E-state index < -0.39 is 0 Å². The van der Waals surface area contributed by atoms with Crippen LogP contribution in [-0.4, -0.2) is 6.54 Å². The van der Waals surface area contributed by atoms with Gasteiger partial charge in [0.25, 0.3) is 0 Å². The predicted octanol–water partition coefficient (Wildman–Crippen LogP) is 4.53. The van der Waals surface area contributed by atoms with Gasteiger partial charge in [0.1, 0.15) is 12.4 Å². The Morgan fingerprint density at radius 2 is 1.80 bits per heavy atom. The van der Waals surface area contributed by atoms with Gasteiger partial charge in [-0.25, -0.2) is 0 Å². The maximum Gasteiger partial charge on any atom is 0.124 e. The Balaban J connectivity index is 1.96. The van der Waals surface area contributed by atoms with Gasteiger partial charge in [-0.2, -0.15) is 0 Å². The minimum Gasteiger partial charge on any atom is -0.489 e. The molecule has 0 amide bonds. The molecule has 20 heavy (non-hydrogen) atoms. The second-order valence-electron chi connectivity index (χ2n) is 4.70. The van der Waals surface area contributed by atoms with Crippen molar-refractivity contribution in [3.63, 3.8) is 0 Å². The lowest BCUT2D eigenvalue weighted by Crippen LogP contribution is -2.14. The van der Waals surface area contributed by atoms with E-state index in [0.29, 0.717) is 6.61 Å². The number of halogens is 1. The number of nitrogens with one attached hydrogen (secondary N) is 1. The first-order valence-electron chi connectivity index (χ1n) is 6.95. The van der Waals surface area contributed by atoms with Crippen molar-refractivity contribution in [2.45, 2.75) is 26.5 Å². The van der Waals surface area contributed by atoms with Crippen molar-refractivity contribution in [1.82, 2.24) is 5.32 Å². The summed E-state index contributed by atoms with van der Waals surface area (Å²) in [6.45, 7) is 4.65. The van der Waals surface area contributed by atoms with Crippen LogP contribution in [0, 0.1) is 0 Å². The molecule has 0 fully saturated rings. The van der Waals surface area contributed by atoms with E-state index in [1.807, 2.05) is 24.3 Å². The predicted molar refractivity (Wildman–Crippen MR) is 86.9 cm³/mol. The van der Waals surface area contributed by atoms with E-state index >= 15 is 0 Å². The van der Waals surface area contributed by atoms with E-state index in [-0.39, 0.29) is 0 Å². The first-order valence-corrected chi connectivity index (χ1v) is 7.74. The lowest BCUT2D eigenvalue weighted by Gasteiger charge is -2.12. The third-order valence-electron chi connectivity index (χ3n) is 3.02. The van der Waals surface area contributed by atoms with Gasteiger partial charge < -0.3 is 10.1 Å². The standard InChI is InChI=1S/C17H20BrNO/c1-2-11-19-12-15-5-3-4-6-17(15)20-13-14-7-9-16(18)10-8-14/h3-10,19H,2,11-13H2,1H3. The number of hydrogen-bond acceptors (Lipinski definition) is 2. The molecule has 3 heteroatoms. The van der Waals surface area contributed by atoms with E-state index in [1.54, 1.807) is 0 Å². The lowest BCUT2D eigenvalue weighted by atomic mass is 10.2. The fraction of sp³-hybridized carbons (Fsp3) is 0.294. The van der Waals surface area contributed by atoms with Crippen LogP contribution in [0.5, 0.6) is 5.75 Å². The third kappa shape index (κ3) is 4.66. The van der Waals surface area contributed by atoms with E-state index in [0.717, 1.165) is 29.7 Å². The summed E-state index contributed by atoms with van der Waals surface area (Å²) >= 11 is 3.44. The van der Waals surface area contributed by atoms with Gasteiger partial charge in [-0.05, 0) is 36.7 Å². The Bertz CT molecular complexity index is 525. The van der Waals surface area contributed by atoms with Gasteiger partial charge in [-0.1, -0.05) is 53.2 Å². The summed E-state index contributed by atoms with van der Waals surface area (Å²) in [4.78, 5) is 0. The molecular weight excluding hydrogens is 314 g/mol. The molecule has 106 valence electrons. The fourth-order valence-corrected chi connectivity index (χ4v) is 2.20. The fourth-order valence-electron chi connectivity index (χ4n) is 1.93. The summed E-state index contributed by atoms with van der Waals surface area (Å²) in [5.41, 5.74) is 2.38. The summed E-state index contributed by atoms with van der Waals surface area (Å²) in [6.07, 6.45) is 1.14. The zero-order valence-electron chi connectivity index (χ0n) is 11.7. The Kier molecular flexibility index (Phi) is 6.09. The van der Waals surface area contributed by atoms with E-state index in [1.165, 1.54) is 11.1 Å². The summed E-state index contributed by atoms with van der Waals surface area (Å²) in [6, 6.07) is 16.4. The molecule has 0 unspecified atom stereocenters. The molecule has 2 aromatic carbocycles. The number of ether oxygens (including phenoxy) is 1. The molecule has 0 aromatic heterocycles. The highest BCUT2D eigenvalue weighted by Gasteiger charge is 2.03. The smallest absolute Gasteiger partial charge is 0.124 e. The van der Waals surface area contributed by atoms with Gasteiger partial charge in [0.2, 0.25) is 0 Å². The van der Waals surface area contributed by atoms with Crippen LogP contribution in [-0.2, 0) is 13.2 Å². The zero-order valence-corrected chi connectivity index (χ0v) is 13.3. The molecule has 2 aromatic rings. The van der Waals surface area contributed by atoms with Crippen LogP contribution in [0.15, 0.2) is 53.0 Å². The molecule has 0 radical (unpaired) electrons. The van der Waals surface area contributed by atoms with Crippen LogP contribution >= 0.6 is 15.9 Å². The van der Waals surface area contributed by atoms with Crippen LogP contribution in [0.2, 0.25) is 0 Å².